The Morgan fingerprint density at radius 2 is 2.19 bits per heavy atom. The second-order valence-corrected chi connectivity index (χ2v) is 5.39. The van der Waals surface area contributed by atoms with E-state index in [2.05, 4.69) is 5.43 Å². The average molecular weight is 294 g/mol. The van der Waals surface area contributed by atoms with E-state index in [1.807, 2.05) is 18.2 Å². The van der Waals surface area contributed by atoms with Crippen molar-refractivity contribution in [3.63, 3.8) is 0 Å². The normalized spacial score (nSPS) is 20.0. The Balaban J connectivity index is 2.04. The molecule has 0 amide bonds. The van der Waals surface area contributed by atoms with Crippen LogP contribution in [0.3, 0.4) is 0 Å². The lowest BCUT2D eigenvalue weighted by molar-refractivity contribution is 0.00850. The number of methoxy groups -OCH3 is 2. The van der Waals surface area contributed by atoms with Gasteiger partial charge in [0.1, 0.15) is 11.5 Å². The fraction of sp³-hybridized carbons (Fsp3) is 0.625. The highest BCUT2D eigenvalue weighted by Crippen LogP contribution is 2.32. The van der Waals surface area contributed by atoms with Crippen LogP contribution < -0.4 is 20.7 Å². The van der Waals surface area contributed by atoms with Crippen molar-refractivity contribution in [3.8, 4) is 11.5 Å². The topological polar surface area (TPSA) is 65.7 Å². The standard InChI is InChI=1S/C16H26N2O3/c1-19-13-7-9-16(20-2)14(11-13)15(18-17)8-6-12-5-3-4-10-21-12/h7,9,11-12,15,18H,3-6,8,10,17H2,1-2H3. The van der Waals surface area contributed by atoms with Crippen molar-refractivity contribution < 1.29 is 14.2 Å². The predicted molar refractivity (Wildman–Crippen MR) is 82.4 cm³/mol. The molecule has 0 spiro atoms. The summed E-state index contributed by atoms with van der Waals surface area (Å²) in [6.45, 7) is 0.883. The number of rotatable bonds is 7. The maximum Gasteiger partial charge on any atom is 0.123 e. The molecule has 2 rings (SSSR count). The van der Waals surface area contributed by atoms with Crippen molar-refractivity contribution in [1.82, 2.24) is 5.43 Å². The third-order valence-corrected chi connectivity index (χ3v) is 4.06. The van der Waals surface area contributed by atoms with E-state index in [0.29, 0.717) is 6.10 Å². The molecule has 1 aliphatic rings. The van der Waals surface area contributed by atoms with Gasteiger partial charge < -0.3 is 14.2 Å². The van der Waals surface area contributed by atoms with E-state index in [9.17, 15) is 0 Å². The second-order valence-electron chi connectivity index (χ2n) is 5.39. The summed E-state index contributed by atoms with van der Waals surface area (Å²) in [5, 5.41) is 0. The minimum absolute atomic E-state index is 0.0283. The van der Waals surface area contributed by atoms with Crippen LogP contribution in [-0.4, -0.2) is 26.9 Å². The van der Waals surface area contributed by atoms with Crippen LogP contribution in [-0.2, 0) is 4.74 Å². The number of hydrogen-bond donors (Lipinski definition) is 2. The molecule has 0 saturated carbocycles. The SMILES string of the molecule is COc1ccc(OC)c(C(CCC2CCCCO2)NN)c1. The van der Waals surface area contributed by atoms with Gasteiger partial charge in [-0.25, -0.2) is 0 Å². The van der Waals surface area contributed by atoms with Gasteiger partial charge in [0.05, 0.1) is 20.3 Å². The predicted octanol–water partition coefficient (Wildman–Crippen LogP) is 2.56. The highest BCUT2D eigenvalue weighted by molar-refractivity contribution is 5.42. The van der Waals surface area contributed by atoms with Crippen LogP contribution in [0.25, 0.3) is 0 Å². The molecule has 5 nitrogen and oxygen atoms in total. The van der Waals surface area contributed by atoms with E-state index in [1.54, 1.807) is 14.2 Å². The summed E-state index contributed by atoms with van der Waals surface area (Å²) in [5.74, 6) is 7.38. The van der Waals surface area contributed by atoms with E-state index in [-0.39, 0.29) is 6.04 Å². The average Bonchev–Trinajstić information content (AvgIpc) is 2.56. The van der Waals surface area contributed by atoms with Gasteiger partial charge in [0.2, 0.25) is 0 Å². The van der Waals surface area contributed by atoms with Crippen LogP contribution in [0.4, 0.5) is 0 Å². The molecule has 118 valence electrons. The zero-order valence-electron chi connectivity index (χ0n) is 12.9. The maximum atomic E-state index is 5.79. The quantitative estimate of drug-likeness (QED) is 0.597. The van der Waals surface area contributed by atoms with Gasteiger partial charge in [-0.1, -0.05) is 0 Å². The monoisotopic (exact) mass is 294 g/mol. The molecule has 1 aromatic carbocycles. The first kappa shape index (κ1) is 16.1. The molecule has 0 bridgehead atoms. The molecular weight excluding hydrogens is 268 g/mol. The number of ether oxygens (including phenoxy) is 3. The largest absolute Gasteiger partial charge is 0.497 e. The highest BCUT2D eigenvalue weighted by Gasteiger charge is 2.20. The molecule has 1 aliphatic heterocycles. The number of hydrazine groups is 1. The van der Waals surface area contributed by atoms with Gasteiger partial charge in [-0.2, -0.15) is 0 Å². The number of nitrogens with one attached hydrogen (secondary N) is 1. The maximum absolute atomic E-state index is 5.79. The Morgan fingerprint density at radius 3 is 2.81 bits per heavy atom. The Morgan fingerprint density at radius 1 is 1.33 bits per heavy atom. The Hall–Kier alpha value is -1.30. The fourth-order valence-electron chi connectivity index (χ4n) is 2.83. The summed E-state index contributed by atoms with van der Waals surface area (Å²) in [5.41, 5.74) is 3.92. The lowest BCUT2D eigenvalue weighted by atomic mass is 9.97. The molecule has 0 radical (unpaired) electrons. The third-order valence-electron chi connectivity index (χ3n) is 4.06. The second kappa shape index (κ2) is 8.22. The first-order chi connectivity index (χ1) is 10.3. The van der Waals surface area contributed by atoms with Gasteiger partial charge in [-0.05, 0) is 50.3 Å². The van der Waals surface area contributed by atoms with E-state index >= 15 is 0 Å². The zero-order valence-corrected chi connectivity index (χ0v) is 12.9. The van der Waals surface area contributed by atoms with Crippen LogP contribution in [0.15, 0.2) is 18.2 Å². The number of benzene rings is 1. The Labute approximate surface area is 126 Å². The van der Waals surface area contributed by atoms with Gasteiger partial charge >= 0.3 is 0 Å². The van der Waals surface area contributed by atoms with Gasteiger partial charge in [0.25, 0.3) is 0 Å². The molecule has 1 fully saturated rings. The number of hydrogen-bond acceptors (Lipinski definition) is 5. The van der Waals surface area contributed by atoms with E-state index in [0.717, 1.165) is 42.9 Å². The molecule has 2 unspecified atom stereocenters. The van der Waals surface area contributed by atoms with E-state index < -0.39 is 0 Å². The van der Waals surface area contributed by atoms with Gasteiger partial charge in [0.15, 0.2) is 0 Å². The summed E-state index contributed by atoms with van der Waals surface area (Å²) < 4.78 is 16.5. The van der Waals surface area contributed by atoms with Crippen molar-refractivity contribution in [2.24, 2.45) is 5.84 Å². The van der Waals surface area contributed by atoms with Crippen LogP contribution in [0.5, 0.6) is 11.5 Å². The van der Waals surface area contributed by atoms with Crippen molar-refractivity contribution in [2.75, 3.05) is 20.8 Å². The summed E-state index contributed by atoms with van der Waals surface area (Å²) in [6.07, 6.45) is 5.84. The van der Waals surface area contributed by atoms with Crippen molar-refractivity contribution in [2.45, 2.75) is 44.2 Å². The van der Waals surface area contributed by atoms with Crippen molar-refractivity contribution >= 4 is 0 Å². The summed E-state index contributed by atoms with van der Waals surface area (Å²) in [4.78, 5) is 0. The van der Waals surface area contributed by atoms with Crippen LogP contribution in [0.1, 0.15) is 43.7 Å². The summed E-state index contributed by atoms with van der Waals surface area (Å²) in [7, 11) is 3.33. The molecule has 21 heavy (non-hydrogen) atoms. The molecule has 1 heterocycles. The van der Waals surface area contributed by atoms with E-state index in [1.165, 1.54) is 12.8 Å². The number of nitrogens with two attached hydrogens (primary N) is 1. The third kappa shape index (κ3) is 4.33. The first-order valence-corrected chi connectivity index (χ1v) is 7.58. The molecule has 3 N–H and O–H groups in total. The molecule has 2 atom stereocenters. The molecule has 1 saturated heterocycles. The molecule has 0 aromatic heterocycles. The highest BCUT2D eigenvalue weighted by atomic mass is 16.5. The van der Waals surface area contributed by atoms with Crippen LogP contribution >= 0.6 is 0 Å². The van der Waals surface area contributed by atoms with Gasteiger partial charge in [0, 0.05) is 18.2 Å². The minimum Gasteiger partial charge on any atom is -0.497 e. The van der Waals surface area contributed by atoms with Gasteiger partial charge in [-0.15, -0.1) is 0 Å². The molecule has 1 aromatic rings. The minimum atomic E-state index is 0.0283. The van der Waals surface area contributed by atoms with Crippen molar-refractivity contribution in [3.05, 3.63) is 23.8 Å². The van der Waals surface area contributed by atoms with Crippen molar-refractivity contribution in [1.29, 1.82) is 0 Å². The van der Waals surface area contributed by atoms with E-state index in [4.69, 9.17) is 20.1 Å². The summed E-state index contributed by atoms with van der Waals surface area (Å²) >= 11 is 0. The van der Waals surface area contributed by atoms with Crippen LogP contribution in [0, 0.1) is 0 Å². The zero-order chi connectivity index (χ0) is 15.1. The van der Waals surface area contributed by atoms with Gasteiger partial charge in [-0.3, -0.25) is 11.3 Å². The fourth-order valence-corrected chi connectivity index (χ4v) is 2.83. The Kier molecular flexibility index (Phi) is 6.29. The van der Waals surface area contributed by atoms with Crippen LogP contribution in [0.2, 0.25) is 0 Å². The molecular formula is C16H26N2O3. The summed E-state index contributed by atoms with van der Waals surface area (Å²) in [6, 6.07) is 5.81. The lowest BCUT2D eigenvalue weighted by Crippen LogP contribution is -2.30. The Bertz CT molecular complexity index is 434. The first-order valence-electron chi connectivity index (χ1n) is 7.58. The smallest absolute Gasteiger partial charge is 0.123 e. The molecule has 5 heteroatoms. The lowest BCUT2D eigenvalue weighted by Gasteiger charge is -2.25. The molecule has 0 aliphatic carbocycles.